The van der Waals surface area contributed by atoms with Gasteiger partial charge >= 0.3 is 0 Å². The summed E-state index contributed by atoms with van der Waals surface area (Å²) in [7, 11) is 1.89. The number of hydrogen-bond acceptors (Lipinski definition) is 4. The van der Waals surface area contributed by atoms with Gasteiger partial charge in [0, 0.05) is 42.7 Å². The number of aryl methyl sites for hydroxylation is 2. The minimum atomic E-state index is -0.359. The Morgan fingerprint density at radius 1 is 1.45 bits per heavy atom. The fourth-order valence-corrected chi connectivity index (χ4v) is 2.23. The first-order valence-electron chi connectivity index (χ1n) is 6.52. The van der Waals surface area contributed by atoms with E-state index in [1.807, 2.05) is 19.3 Å². The zero-order chi connectivity index (χ0) is 14.7. The summed E-state index contributed by atoms with van der Waals surface area (Å²) in [6, 6.07) is 5.06. The van der Waals surface area contributed by atoms with E-state index in [1.54, 1.807) is 17.7 Å². The van der Waals surface area contributed by atoms with Gasteiger partial charge in [0.2, 0.25) is 0 Å². The molecule has 0 saturated heterocycles. The van der Waals surface area contributed by atoms with Gasteiger partial charge in [-0.05, 0) is 19.4 Å². The van der Waals surface area contributed by atoms with Gasteiger partial charge in [-0.25, -0.2) is 0 Å². The molecular weight excluding hydrogens is 256 g/mol. The Labute approximate surface area is 117 Å². The van der Waals surface area contributed by atoms with E-state index in [2.05, 4.69) is 17.3 Å². The number of nitrogens with zero attached hydrogens (tertiary/aromatic N) is 3. The Balaban J connectivity index is 2.19. The standard InChI is InChI=1S/C14H18N4O2/c1-4-12-11(9-17(3)16-12)8-15-13-6-5-7-14(10(13)2)18(19)20/h5-7,9,15H,4,8H2,1-3H3. The van der Waals surface area contributed by atoms with Crippen molar-refractivity contribution in [1.82, 2.24) is 9.78 Å². The van der Waals surface area contributed by atoms with E-state index in [0.717, 1.165) is 23.4 Å². The lowest BCUT2D eigenvalue weighted by Gasteiger charge is -2.09. The Bertz CT molecular complexity index is 634. The maximum atomic E-state index is 10.9. The van der Waals surface area contributed by atoms with Crippen molar-refractivity contribution in [2.45, 2.75) is 26.8 Å². The quantitative estimate of drug-likeness (QED) is 0.672. The summed E-state index contributed by atoms with van der Waals surface area (Å²) in [6.07, 6.45) is 2.84. The molecule has 2 aromatic rings. The SMILES string of the molecule is CCc1nn(C)cc1CNc1cccc([N+](=O)[O-])c1C. The van der Waals surface area contributed by atoms with Crippen LogP contribution in [0.15, 0.2) is 24.4 Å². The molecule has 1 aromatic carbocycles. The second kappa shape index (κ2) is 5.73. The molecule has 0 amide bonds. The molecule has 2 rings (SSSR count). The highest BCUT2D eigenvalue weighted by atomic mass is 16.6. The van der Waals surface area contributed by atoms with Gasteiger partial charge in [-0.1, -0.05) is 13.0 Å². The van der Waals surface area contributed by atoms with Crippen molar-refractivity contribution in [3.05, 3.63) is 51.3 Å². The molecule has 0 atom stereocenters. The molecule has 1 N–H and O–H groups in total. The summed E-state index contributed by atoms with van der Waals surface area (Å²) < 4.78 is 1.79. The van der Waals surface area contributed by atoms with Crippen LogP contribution in [-0.2, 0) is 20.0 Å². The van der Waals surface area contributed by atoms with E-state index in [9.17, 15) is 10.1 Å². The lowest BCUT2D eigenvalue weighted by Crippen LogP contribution is -2.04. The van der Waals surface area contributed by atoms with E-state index in [1.165, 1.54) is 6.07 Å². The molecule has 0 aliphatic heterocycles. The van der Waals surface area contributed by atoms with Crippen LogP contribution >= 0.6 is 0 Å². The third kappa shape index (κ3) is 2.79. The van der Waals surface area contributed by atoms with E-state index in [4.69, 9.17) is 0 Å². The molecule has 0 bridgehead atoms. The molecule has 0 aliphatic carbocycles. The van der Waals surface area contributed by atoms with Gasteiger partial charge in [-0.15, -0.1) is 0 Å². The van der Waals surface area contributed by atoms with Crippen LogP contribution in [0, 0.1) is 17.0 Å². The fourth-order valence-electron chi connectivity index (χ4n) is 2.23. The lowest BCUT2D eigenvalue weighted by molar-refractivity contribution is -0.385. The fraction of sp³-hybridized carbons (Fsp3) is 0.357. The number of hydrogen-bond donors (Lipinski definition) is 1. The summed E-state index contributed by atoms with van der Waals surface area (Å²) in [6.45, 7) is 4.42. The minimum absolute atomic E-state index is 0.136. The molecule has 0 radical (unpaired) electrons. The topological polar surface area (TPSA) is 73.0 Å². The monoisotopic (exact) mass is 274 g/mol. The van der Waals surface area contributed by atoms with E-state index >= 15 is 0 Å². The predicted molar refractivity (Wildman–Crippen MR) is 77.7 cm³/mol. The Morgan fingerprint density at radius 2 is 2.20 bits per heavy atom. The molecule has 0 aliphatic rings. The molecule has 6 nitrogen and oxygen atoms in total. The molecule has 6 heteroatoms. The molecule has 20 heavy (non-hydrogen) atoms. The normalized spacial score (nSPS) is 10.6. The summed E-state index contributed by atoms with van der Waals surface area (Å²) >= 11 is 0. The highest BCUT2D eigenvalue weighted by molar-refractivity contribution is 5.59. The first kappa shape index (κ1) is 14.0. The van der Waals surface area contributed by atoms with Crippen molar-refractivity contribution >= 4 is 11.4 Å². The first-order valence-corrected chi connectivity index (χ1v) is 6.52. The second-order valence-corrected chi connectivity index (χ2v) is 4.69. The molecule has 0 unspecified atom stereocenters. The number of aromatic nitrogens is 2. The van der Waals surface area contributed by atoms with Crippen molar-refractivity contribution < 1.29 is 4.92 Å². The van der Waals surface area contributed by atoms with Crippen LogP contribution in [0.3, 0.4) is 0 Å². The molecule has 0 spiro atoms. The molecular formula is C14H18N4O2. The Morgan fingerprint density at radius 3 is 2.85 bits per heavy atom. The van der Waals surface area contributed by atoms with Crippen molar-refractivity contribution in [3.63, 3.8) is 0 Å². The highest BCUT2D eigenvalue weighted by Crippen LogP contribution is 2.25. The number of anilines is 1. The van der Waals surface area contributed by atoms with Gasteiger partial charge in [0.1, 0.15) is 0 Å². The van der Waals surface area contributed by atoms with Crippen LogP contribution in [0.4, 0.5) is 11.4 Å². The summed E-state index contributed by atoms with van der Waals surface area (Å²) in [4.78, 5) is 10.6. The van der Waals surface area contributed by atoms with Crippen LogP contribution in [0.2, 0.25) is 0 Å². The molecule has 106 valence electrons. The molecule has 1 aromatic heterocycles. The summed E-state index contributed by atoms with van der Waals surface area (Å²) in [5.41, 5.74) is 3.73. The average molecular weight is 274 g/mol. The van der Waals surface area contributed by atoms with Crippen molar-refractivity contribution in [2.24, 2.45) is 7.05 Å². The maximum Gasteiger partial charge on any atom is 0.274 e. The zero-order valence-corrected chi connectivity index (χ0v) is 11.9. The van der Waals surface area contributed by atoms with Gasteiger partial charge < -0.3 is 5.32 Å². The molecule has 0 saturated carbocycles. The summed E-state index contributed by atoms with van der Waals surface area (Å²) in [5, 5.41) is 18.5. The van der Waals surface area contributed by atoms with Crippen LogP contribution < -0.4 is 5.32 Å². The van der Waals surface area contributed by atoms with E-state index < -0.39 is 0 Å². The predicted octanol–water partition coefficient (Wildman–Crippen LogP) is 2.81. The van der Waals surface area contributed by atoms with Gasteiger partial charge in [0.25, 0.3) is 5.69 Å². The largest absolute Gasteiger partial charge is 0.380 e. The van der Waals surface area contributed by atoms with Gasteiger partial charge in [0.05, 0.1) is 10.6 Å². The summed E-state index contributed by atoms with van der Waals surface area (Å²) in [5.74, 6) is 0. The molecule has 1 heterocycles. The van der Waals surface area contributed by atoms with E-state index in [0.29, 0.717) is 12.1 Å². The smallest absolute Gasteiger partial charge is 0.274 e. The van der Waals surface area contributed by atoms with Crippen molar-refractivity contribution in [2.75, 3.05) is 5.32 Å². The average Bonchev–Trinajstić information content (AvgIpc) is 2.77. The van der Waals surface area contributed by atoms with Crippen molar-refractivity contribution in [1.29, 1.82) is 0 Å². The number of rotatable bonds is 5. The van der Waals surface area contributed by atoms with Gasteiger partial charge in [0.15, 0.2) is 0 Å². The number of nitro benzene ring substituents is 1. The second-order valence-electron chi connectivity index (χ2n) is 4.69. The van der Waals surface area contributed by atoms with Crippen LogP contribution in [0.25, 0.3) is 0 Å². The molecule has 0 fully saturated rings. The highest BCUT2D eigenvalue weighted by Gasteiger charge is 2.13. The van der Waals surface area contributed by atoms with Gasteiger partial charge in [-0.3, -0.25) is 14.8 Å². The first-order chi connectivity index (χ1) is 9.52. The number of benzene rings is 1. The van der Waals surface area contributed by atoms with Crippen molar-refractivity contribution in [3.8, 4) is 0 Å². The Kier molecular flexibility index (Phi) is 4.02. The van der Waals surface area contributed by atoms with Gasteiger partial charge in [-0.2, -0.15) is 5.10 Å². The minimum Gasteiger partial charge on any atom is -0.380 e. The third-order valence-corrected chi connectivity index (χ3v) is 3.30. The van der Waals surface area contributed by atoms with Crippen LogP contribution in [0.1, 0.15) is 23.7 Å². The van der Waals surface area contributed by atoms with Crippen LogP contribution in [0.5, 0.6) is 0 Å². The zero-order valence-electron chi connectivity index (χ0n) is 11.9. The van der Waals surface area contributed by atoms with Crippen LogP contribution in [-0.4, -0.2) is 14.7 Å². The Hall–Kier alpha value is -2.37. The third-order valence-electron chi connectivity index (χ3n) is 3.30. The number of nitro groups is 1. The van der Waals surface area contributed by atoms with E-state index in [-0.39, 0.29) is 10.6 Å². The lowest BCUT2D eigenvalue weighted by atomic mass is 10.1. The maximum absolute atomic E-state index is 10.9. The number of nitrogens with one attached hydrogen (secondary N) is 1.